The van der Waals surface area contributed by atoms with E-state index in [1.807, 2.05) is 24.4 Å². The maximum absolute atomic E-state index is 11.3. The van der Waals surface area contributed by atoms with Crippen molar-refractivity contribution in [3.8, 4) is 5.75 Å². The van der Waals surface area contributed by atoms with E-state index >= 15 is 0 Å². The predicted octanol–water partition coefficient (Wildman–Crippen LogP) is 2.83. The first-order valence-electron chi connectivity index (χ1n) is 7.14. The number of rotatable bonds is 6. The molecule has 1 unspecified atom stereocenters. The molecule has 0 bridgehead atoms. The average molecular weight is 286 g/mol. The number of aromatic nitrogens is 1. The fourth-order valence-corrected chi connectivity index (χ4v) is 2.21. The second-order valence-corrected chi connectivity index (χ2v) is 5.30. The molecule has 4 nitrogen and oxygen atoms in total. The van der Waals surface area contributed by atoms with E-state index in [1.165, 1.54) is 5.56 Å². The molecule has 0 saturated heterocycles. The zero-order valence-electron chi connectivity index (χ0n) is 12.8. The van der Waals surface area contributed by atoms with Crippen molar-refractivity contribution >= 4 is 5.69 Å². The average Bonchev–Trinajstić information content (AvgIpc) is 2.49. The molecule has 21 heavy (non-hydrogen) atoms. The topological polar surface area (TPSA) is 43.3 Å². The van der Waals surface area contributed by atoms with Gasteiger partial charge < -0.3 is 14.6 Å². The number of hydrogen-bond acceptors (Lipinski definition) is 3. The molecular formula is C17H22N2O2. The predicted molar refractivity (Wildman–Crippen MR) is 86.1 cm³/mol. The van der Waals surface area contributed by atoms with Gasteiger partial charge in [0.2, 0.25) is 5.56 Å². The summed E-state index contributed by atoms with van der Waals surface area (Å²) in [5.74, 6) is 0.884. The lowest BCUT2D eigenvalue weighted by Gasteiger charge is -2.15. The molecule has 0 radical (unpaired) electrons. The van der Waals surface area contributed by atoms with Gasteiger partial charge in [-0.1, -0.05) is 12.1 Å². The molecule has 2 rings (SSSR count). The van der Waals surface area contributed by atoms with Gasteiger partial charge in [-0.05, 0) is 43.5 Å². The number of nitrogens with zero attached hydrogens (tertiary/aromatic N) is 1. The third-order valence-corrected chi connectivity index (χ3v) is 3.52. The molecule has 1 aromatic heterocycles. The van der Waals surface area contributed by atoms with Gasteiger partial charge in [-0.3, -0.25) is 4.79 Å². The summed E-state index contributed by atoms with van der Waals surface area (Å²) >= 11 is 0. The molecular weight excluding hydrogens is 264 g/mol. The fraction of sp³-hybridized carbons (Fsp3) is 0.353. The summed E-state index contributed by atoms with van der Waals surface area (Å²) in [4.78, 5) is 11.3. The second kappa shape index (κ2) is 6.97. The number of benzene rings is 1. The van der Waals surface area contributed by atoms with Gasteiger partial charge in [0, 0.05) is 25.4 Å². The Labute approximate surface area is 125 Å². The van der Waals surface area contributed by atoms with Crippen molar-refractivity contribution in [2.45, 2.75) is 25.8 Å². The van der Waals surface area contributed by atoms with Crippen LogP contribution in [0.2, 0.25) is 0 Å². The third kappa shape index (κ3) is 4.38. The van der Waals surface area contributed by atoms with Gasteiger partial charge in [-0.15, -0.1) is 0 Å². The normalized spacial score (nSPS) is 12.0. The highest BCUT2D eigenvalue weighted by Gasteiger charge is 2.04. The van der Waals surface area contributed by atoms with Crippen LogP contribution in [0.5, 0.6) is 5.75 Å². The van der Waals surface area contributed by atoms with Crippen molar-refractivity contribution in [3.05, 3.63) is 58.5 Å². The third-order valence-electron chi connectivity index (χ3n) is 3.52. The SMILES string of the molecule is COc1ccc(CCC(C)Nc2ccc(=O)n(C)c2)cc1. The van der Waals surface area contributed by atoms with E-state index < -0.39 is 0 Å². The first-order valence-corrected chi connectivity index (χ1v) is 7.14. The summed E-state index contributed by atoms with van der Waals surface area (Å²) in [5.41, 5.74) is 2.27. The lowest BCUT2D eigenvalue weighted by molar-refractivity contribution is 0.414. The Morgan fingerprint density at radius 2 is 1.90 bits per heavy atom. The van der Waals surface area contributed by atoms with Crippen LogP contribution in [0, 0.1) is 0 Å². The van der Waals surface area contributed by atoms with E-state index in [9.17, 15) is 4.79 Å². The van der Waals surface area contributed by atoms with Gasteiger partial charge in [-0.2, -0.15) is 0 Å². The highest BCUT2D eigenvalue weighted by molar-refractivity contribution is 5.41. The van der Waals surface area contributed by atoms with Crippen LogP contribution in [0.15, 0.2) is 47.4 Å². The molecule has 0 spiro atoms. The molecule has 1 N–H and O–H groups in total. The van der Waals surface area contributed by atoms with E-state index in [2.05, 4.69) is 24.4 Å². The van der Waals surface area contributed by atoms with Crippen molar-refractivity contribution in [2.24, 2.45) is 7.05 Å². The van der Waals surface area contributed by atoms with Crippen LogP contribution in [-0.4, -0.2) is 17.7 Å². The van der Waals surface area contributed by atoms with E-state index in [0.717, 1.165) is 24.3 Å². The quantitative estimate of drug-likeness (QED) is 0.888. The first-order chi connectivity index (χ1) is 10.1. The highest BCUT2D eigenvalue weighted by atomic mass is 16.5. The van der Waals surface area contributed by atoms with Crippen LogP contribution in [0.3, 0.4) is 0 Å². The summed E-state index contributed by atoms with van der Waals surface area (Å²) in [6.07, 6.45) is 3.85. The van der Waals surface area contributed by atoms with E-state index in [1.54, 1.807) is 24.8 Å². The van der Waals surface area contributed by atoms with Crippen molar-refractivity contribution in [2.75, 3.05) is 12.4 Å². The number of hydrogen-bond donors (Lipinski definition) is 1. The van der Waals surface area contributed by atoms with Crippen molar-refractivity contribution in [3.63, 3.8) is 0 Å². The maximum atomic E-state index is 11.3. The molecule has 0 aliphatic carbocycles. The van der Waals surface area contributed by atoms with Crippen LogP contribution in [0.1, 0.15) is 18.9 Å². The minimum atomic E-state index is 0.00596. The molecule has 2 aromatic rings. The minimum absolute atomic E-state index is 0.00596. The van der Waals surface area contributed by atoms with Gasteiger partial charge in [0.15, 0.2) is 0 Å². The Kier molecular flexibility index (Phi) is 5.04. The van der Waals surface area contributed by atoms with Crippen LogP contribution in [0.4, 0.5) is 5.69 Å². The molecule has 1 atom stereocenters. The summed E-state index contributed by atoms with van der Waals surface area (Å²) in [7, 11) is 3.43. The summed E-state index contributed by atoms with van der Waals surface area (Å²) in [5, 5.41) is 3.42. The summed E-state index contributed by atoms with van der Waals surface area (Å²) in [6, 6.07) is 11.9. The smallest absolute Gasteiger partial charge is 0.250 e. The molecule has 0 fully saturated rings. The Balaban J connectivity index is 1.87. The van der Waals surface area contributed by atoms with Crippen molar-refractivity contribution in [1.82, 2.24) is 4.57 Å². The Morgan fingerprint density at radius 1 is 1.19 bits per heavy atom. The van der Waals surface area contributed by atoms with E-state index in [4.69, 9.17) is 4.74 Å². The Bertz CT molecular complexity index is 632. The van der Waals surface area contributed by atoms with Gasteiger partial charge in [0.25, 0.3) is 0 Å². The molecule has 1 heterocycles. The molecule has 112 valence electrons. The number of anilines is 1. The molecule has 0 aliphatic heterocycles. The van der Waals surface area contributed by atoms with Gasteiger partial charge in [-0.25, -0.2) is 0 Å². The molecule has 1 aromatic carbocycles. The lowest BCUT2D eigenvalue weighted by Crippen LogP contribution is -2.19. The summed E-state index contributed by atoms with van der Waals surface area (Å²) in [6.45, 7) is 2.15. The van der Waals surface area contributed by atoms with Crippen LogP contribution < -0.4 is 15.6 Å². The van der Waals surface area contributed by atoms with Crippen molar-refractivity contribution in [1.29, 1.82) is 0 Å². The molecule has 0 aliphatic rings. The van der Waals surface area contributed by atoms with Gasteiger partial charge in [0.05, 0.1) is 12.8 Å². The lowest BCUT2D eigenvalue weighted by atomic mass is 10.1. The number of aryl methyl sites for hydroxylation is 2. The number of ether oxygens (including phenoxy) is 1. The largest absolute Gasteiger partial charge is 0.497 e. The first kappa shape index (κ1) is 15.2. The molecule has 4 heteroatoms. The van der Waals surface area contributed by atoms with Crippen LogP contribution in [-0.2, 0) is 13.5 Å². The van der Waals surface area contributed by atoms with Gasteiger partial charge in [0.1, 0.15) is 5.75 Å². The number of methoxy groups -OCH3 is 1. The van der Waals surface area contributed by atoms with E-state index in [-0.39, 0.29) is 5.56 Å². The van der Waals surface area contributed by atoms with Crippen LogP contribution in [0.25, 0.3) is 0 Å². The molecule has 0 saturated carbocycles. The monoisotopic (exact) mass is 286 g/mol. The standard InChI is InChI=1S/C17H22N2O2/c1-13(18-15-8-11-17(20)19(2)12-15)4-5-14-6-9-16(21-3)10-7-14/h6-13,18H,4-5H2,1-3H3. The van der Waals surface area contributed by atoms with Crippen LogP contribution >= 0.6 is 0 Å². The fourth-order valence-electron chi connectivity index (χ4n) is 2.21. The Morgan fingerprint density at radius 3 is 2.52 bits per heavy atom. The van der Waals surface area contributed by atoms with Crippen molar-refractivity contribution < 1.29 is 4.74 Å². The van der Waals surface area contributed by atoms with E-state index in [0.29, 0.717) is 6.04 Å². The second-order valence-electron chi connectivity index (χ2n) is 5.30. The zero-order valence-corrected chi connectivity index (χ0v) is 12.8. The minimum Gasteiger partial charge on any atom is -0.497 e. The summed E-state index contributed by atoms with van der Waals surface area (Å²) < 4.78 is 6.74. The number of nitrogens with one attached hydrogen (secondary N) is 1. The highest BCUT2D eigenvalue weighted by Crippen LogP contribution is 2.14. The number of pyridine rings is 1. The van der Waals surface area contributed by atoms with Gasteiger partial charge >= 0.3 is 0 Å². The maximum Gasteiger partial charge on any atom is 0.250 e. The Hall–Kier alpha value is -2.23. The zero-order chi connectivity index (χ0) is 15.2. The molecule has 0 amide bonds.